The Morgan fingerprint density at radius 2 is 2.10 bits per heavy atom. The van der Waals surface area contributed by atoms with Crippen LogP contribution in [0.4, 0.5) is 19.1 Å². The number of imidazole rings is 1. The molecule has 0 radical (unpaired) electrons. The van der Waals surface area contributed by atoms with Gasteiger partial charge < -0.3 is 14.8 Å². The number of nitrogens with one attached hydrogen (secondary N) is 1. The molecule has 156 valence electrons. The minimum absolute atomic E-state index is 0.0512. The zero-order chi connectivity index (χ0) is 21.4. The van der Waals surface area contributed by atoms with Crippen LogP contribution in [0.3, 0.4) is 0 Å². The van der Waals surface area contributed by atoms with E-state index in [1.54, 1.807) is 23.7 Å². The SMILES string of the molecule is CN[C@@H]1CN(c2nc3c(F)cc(F)cc3n2C(C)c2ccc(C#N)cn2)CC[C@H]1F. The Morgan fingerprint density at radius 3 is 2.77 bits per heavy atom. The number of anilines is 1. The highest BCUT2D eigenvalue weighted by atomic mass is 19.1. The van der Waals surface area contributed by atoms with Gasteiger partial charge in [0.05, 0.1) is 28.9 Å². The Kier molecular flexibility index (Phi) is 5.35. The molecule has 30 heavy (non-hydrogen) atoms. The molecule has 2 aromatic heterocycles. The first kappa shape index (κ1) is 20.2. The maximum Gasteiger partial charge on any atom is 0.207 e. The fourth-order valence-electron chi connectivity index (χ4n) is 3.94. The van der Waals surface area contributed by atoms with Gasteiger partial charge in [0.25, 0.3) is 0 Å². The van der Waals surface area contributed by atoms with Crippen LogP contribution in [0.1, 0.15) is 30.6 Å². The molecule has 1 aliphatic rings. The zero-order valence-electron chi connectivity index (χ0n) is 16.6. The first-order valence-electron chi connectivity index (χ1n) is 9.72. The van der Waals surface area contributed by atoms with E-state index in [9.17, 15) is 13.2 Å². The summed E-state index contributed by atoms with van der Waals surface area (Å²) < 4.78 is 44.5. The van der Waals surface area contributed by atoms with Gasteiger partial charge in [0.2, 0.25) is 5.95 Å². The lowest BCUT2D eigenvalue weighted by atomic mass is 10.0. The van der Waals surface area contributed by atoms with Gasteiger partial charge in [0, 0.05) is 31.4 Å². The number of rotatable bonds is 4. The third-order valence-electron chi connectivity index (χ3n) is 5.61. The summed E-state index contributed by atoms with van der Waals surface area (Å²) in [6.45, 7) is 2.60. The van der Waals surface area contributed by atoms with Gasteiger partial charge in [-0.3, -0.25) is 4.98 Å². The van der Waals surface area contributed by atoms with Gasteiger partial charge in [0.15, 0.2) is 5.82 Å². The number of fused-ring (bicyclic) bond motifs is 1. The van der Waals surface area contributed by atoms with Crippen LogP contribution in [0, 0.1) is 23.0 Å². The number of hydrogen-bond donors (Lipinski definition) is 1. The Bertz CT molecular complexity index is 1100. The average Bonchev–Trinajstić information content (AvgIpc) is 3.13. The predicted molar refractivity (Wildman–Crippen MR) is 107 cm³/mol. The second kappa shape index (κ2) is 7.95. The van der Waals surface area contributed by atoms with Crippen LogP contribution < -0.4 is 10.2 Å². The monoisotopic (exact) mass is 414 g/mol. The maximum atomic E-state index is 14.5. The maximum absolute atomic E-state index is 14.5. The van der Waals surface area contributed by atoms with E-state index >= 15 is 0 Å². The van der Waals surface area contributed by atoms with E-state index < -0.39 is 29.9 Å². The first-order chi connectivity index (χ1) is 14.4. The molecule has 6 nitrogen and oxygen atoms in total. The molecule has 1 unspecified atom stereocenters. The topological polar surface area (TPSA) is 69.8 Å². The van der Waals surface area contributed by atoms with Crippen LogP contribution in [0.25, 0.3) is 11.0 Å². The van der Waals surface area contributed by atoms with Gasteiger partial charge in [-0.25, -0.2) is 18.2 Å². The Balaban J connectivity index is 1.85. The largest absolute Gasteiger partial charge is 0.340 e. The molecule has 0 spiro atoms. The van der Waals surface area contributed by atoms with Crippen LogP contribution in [0.15, 0.2) is 30.5 Å². The average molecular weight is 414 g/mol. The lowest BCUT2D eigenvalue weighted by Gasteiger charge is -2.36. The van der Waals surface area contributed by atoms with Crippen molar-refractivity contribution in [3.05, 3.63) is 53.4 Å². The second-order valence-corrected chi connectivity index (χ2v) is 7.44. The molecule has 0 aliphatic carbocycles. The Hall–Kier alpha value is -3.12. The standard InChI is InChI=1S/C21H21F3N6/c1-12(17-4-3-13(9-25)10-27-17)30-19-8-14(22)7-16(24)20(19)28-21(30)29-6-5-15(23)18(11-29)26-2/h3-4,7-8,10,12,15,18,26H,5-6,11H2,1-2H3/t12?,15-,18-/m1/s1. The van der Waals surface area contributed by atoms with Crippen molar-refractivity contribution in [2.45, 2.75) is 31.6 Å². The smallest absolute Gasteiger partial charge is 0.207 e. The lowest BCUT2D eigenvalue weighted by molar-refractivity contribution is 0.221. The van der Waals surface area contributed by atoms with Crippen LogP contribution in [-0.2, 0) is 0 Å². The van der Waals surface area contributed by atoms with Crippen molar-refractivity contribution in [3.8, 4) is 6.07 Å². The summed E-state index contributed by atoms with van der Waals surface area (Å²) >= 11 is 0. The lowest BCUT2D eigenvalue weighted by Crippen LogP contribution is -2.51. The number of halogens is 3. The fraction of sp³-hybridized carbons (Fsp3) is 0.381. The summed E-state index contributed by atoms with van der Waals surface area (Å²) in [5, 5.41) is 12.0. The summed E-state index contributed by atoms with van der Waals surface area (Å²) in [4.78, 5) is 10.7. The van der Waals surface area contributed by atoms with Crippen molar-refractivity contribution < 1.29 is 13.2 Å². The minimum atomic E-state index is -0.990. The van der Waals surface area contributed by atoms with Gasteiger partial charge in [0.1, 0.15) is 23.6 Å². The van der Waals surface area contributed by atoms with E-state index in [-0.39, 0.29) is 5.52 Å². The third kappa shape index (κ3) is 3.48. The molecule has 0 bridgehead atoms. The molecule has 3 heterocycles. The van der Waals surface area contributed by atoms with E-state index in [0.29, 0.717) is 42.2 Å². The van der Waals surface area contributed by atoms with E-state index in [4.69, 9.17) is 5.26 Å². The van der Waals surface area contributed by atoms with E-state index in [0.717, 1.165) is 6.07 Å². The van der Waals surface area contributed by atoms with Gasteiger partial charge in [-0.2, -0.15) is 5.26 Å². The number of hydrogen-bond acceptors (Lipinski definition) is 5. The predicted octanol–water partition coefficient (Wildman–Crippen LogP) is 3.33. The van der Waals surface area contributed by atoms with Crippen LogP contribution in [0.2, 0.25) is 0 Å². The van der Waals surface area contributed by atoms with E-state index in [2.05, 4.69) is 15.3 Å². The summed E-state index contributed by atoms with van der Waals surface area (Å²) in [6.07, 6.45) is 0.766. The minimum Gasteiger partial charge on any atom is -0.340 e. The van der Waals surface area contributed by atoms with Crippen molar-refractivity contribution in [2.75, 3.05) is 25.0 Å². The molecule has 1 saturated heterocycles. The molecule has 0 amide bonds. The molecule has 4 rings (SSSR count). The Morgan fingerprint density at radius 1 is 1.30 bits per heavy atom. The van der Waals surface area contributed by atoms with E-state index in [1.807, 2.05) is 17.9 Å². The number of piperidine rings is 1. The van der Waals surface area contributed by atoms with E-state index in [1.165, 1.54) is 12.3 Å². The van der Waals surface area contributed by atoms with Gasteiger partial charge in [-0.15, -0.1) is 0 Å². The second-order valence-electron chi connectivity index (χ2n) is 7.44. The molecule has 1 aromatic carbocycles. The van der Waals surface area contributed by atoms with Crippen molar-refractivity contribution in [2.24, 2.45) is 0 Å². The summed E-state index contributed by atoms with van der Waals surface area (Å²) in [5.74, 6) is -1.03. The van der Waals surface area contributed by atoms with Crippen LogP contribution in [-0.4, -0.2) is 46.9 Å². The molecule has 1 N–H and O–H groups in total. The molecule has 9 heteroatoms. The molecule has 1 fully saturated rings. The first-order valence-corrected chi connectivity index (χ1v) is 9.72. The highest BCUT2D eigenvalue weighted by Crippen LogP contribution is 2.33. The van der Waals surface area contributed by atoms with Gasteiger partial charge >= 0.3 is 0 Å². The summed E-state index contributed by atoms with van der Waals surface area (Å²) in [7, 11) is 1.70. The number of nitrogens with zero attached hydrogens (tertiary/aromatic N) is 5. The molecular weight excluding hydrogens is 393 g/mol. The molecule has 3 aromatic rings. The van der Waals surface area contributed by atoms with Crippen molar-refractivity contribution in [1.82, 2.24) is 19.9 Å². The number of likely N-dealkylation sites (N-methyl/N-ethyl adjacent to an activating group) is 1. The molecule has 0 saturated carbocycles. The summed E-state index contributed by atoms with van der Waals surface area (Å²) in [5.41, 5.74) is 1.38. The van der Waals surface area contributed by atoms with Gasteiger partial charge in [-0.1, -0.05) is 0 Å². The number of alkyl halides is 1. The number of nitriles is 1. The quantitative estimate of drug-likeness (QED) is 0.709. The number of aromatic nitrogens is 3. The van der Waals surface area contributed by atoms with Crippen molar-refractivity contribution in [1.29, 1.82) is 5.26 Å². The highest BCUT2D eigenvalue weighted by molar-refractivity contribution is 5.80. The van der Waals surface area contributed by atoms with Crippen molar-refractivity contribution >= 4 is 17.0 Å². The van der Waals surface area contributed by atoms with Gasteiger partial charge in [-0.05, 0) is 32.5 Å². The highest BCUT2D eigenvalue weighted by Gasteiger charge is 2.32. The van der Waals surface area contributed by atoms with Crippen LogP contribution >= 0.6 is 0 Å². The molecule has 1 aliphatic heterocycles. The summed E-state index contributed by atoms with van der Waals surface area (Å²) in [6, 6.07) is 6.60. The zero-order valence-corrected chi connectivity index (χ0v) is 16.6. The Labute approximate surface area is 172 Å². The number of pyridine rings is 1. The van der Waals surface area contributed by atoms with Crippen molar-refractivity contribution in [3.63, 3.8) is 0 Å². The molecular formula is C21H21F3N6. The third-order valence-corrected chi connectivity index (χ3v) is 5.61. The molecule has 3 atom stereocenters. The fourth-order valence-corrected chi connectivity index (χ4v) is 3.94. The van der Waals surface area contributed by atoms with Crippen LogP contribution in [0.5, 0.6) is 0 Å². The normalized spacial score (nSPS) is 20.3. The number of benzene rings is 1.